The van der Waals surface area contributed by atoms with Gasteiger partial charge in [-0.05, 0) is 12.1 Å². The normalized spacial score (nSPS) is 9.43. The van der Waals surface area contributed by atoms with Crippen molar-refractivity contribution in [2.45, 2.75) is 4.90 Å². The SMILES string of the molecule is C=CCNC(=O)CSc1ccccc1. The largest absolute Gasteiger partial charge is 0.352 e. The van der Waals surface area contributed by atoms with Crippen LogP contribution in [0.3, 0.4) is 0 Å². The maximum atomic E-state index is 11.2. The molecule has 0 unspecified atom stereocenters. The zero-order chi connectivity index (χ0) is 10.2. The minimum absolute atomic E-state index is 0.0405. The average molecular weight is 207 g/mol. The fourth-order valence-electron chi connectivity index (χ4n) is 0.903. The van der Waals surface area contributed by atoms with Crippen LogP contribution in [-0.2, 0) is 4.79 Å². The maximum Gasteiger partial charge on any atom is 0.230 e. The molecule has 0 aliphatic heterocycles. The molecule has 3 heteroatoms. The quantitative estimate of drug-likeness (QED) is 0.591. The minimum Gasteiger partial charge on any atom is -0.352 e. The predicted molar refractivity (Wildman–Crippen MR) is 60.4 cm³/mol. The van der Waals surface area contributed by atoms with Gasteiger partial charge in [-0.2, -0.15) is 0 Å². The second-order valence-corrected chi connectivity index (χ2v) is 3.74. The van der Waals surface area contributed by atoms with Gasteiger partial charge in [-0.1, -0.05) is 24.3 Å². The summed E-state index contributed by atoms with van der Waals surface area (Å²) in [5, 5.41) is 2.72. The summed E-state index contributed by atoms with van der Waals surface area (Å²) in [7, 11) is 0. The van der Waals surface area contributed by atoms with Gasteiger partial charge in [0.1, 0.15) is 0 Å². The zero-order valence-electron chi connectivity index (χ0n) is 7.90. The molecule has 0 aromatic heterocycles. The Hall–Kier alpha value is -1.22. The third kappa shape index (κ3) is 4.14. The third-order valence-electron chi connectivity index (χ3n) is 1.56. The highest BCUT2D eigenvalue weighted by atomic mass is 32.2. The number of carbonyl (C=O) groups is 1. The average Bonchev–Trinajstić information content (AvgIpc) is 2.25. The number of nitrogens with one attached hydrogen (secondary N) is 1. The Morgan fingerprint density at radius 1 is 1.43 bits per heavy atom. The molecule has 14 heavy (non-hydrogen) atoms. The van der Waals surface area contributed by atoms with Crippen molar-refractivity contribution in [2.75, 3.05) is 12.3 Å². The second-order valence-electron chi connectivity index (χ2n) is 2.69. The number of carbonyl (C=O) groups excluding carboxylic acids is 1. The fraction of sp³-hybridized carbons (Fsp3) is 0.182. The molecule has 1 N–H and O–H groups in total. The lowest BCUT2D eigenvalue weighted by Crippen LogP contribution is -2.24. The summed E-state index contributed by atoms with van der Waals surface area (Å²) in [4.78, 5) is 12.3. The Bertz CT molecular complexity index is 297. The van der Waals surface area contributed by atoms with Gasteiger partial charge in [0.25, 0.3) is 0 Å². The molecule has 0 bridgehead atoms. The third-order valence-corrected chi connectivity index (χ3v) is 2.57. The van der Waals surface area contributed by atoms with Crippen LogP contribution in [0.5, 0.6) is 0 Å². The van der Waals surface area contributed by atoms with Crippen LogP contribution < -0.4 is 5.32 Å². The second kappa shape index (κ2) is 6.27. The van der Waals surface area contributed by atoms with Gasteiger partial charge < -0.3 is 5.32 Å². The molecule has 1 rings (SSSR count). The Labute approximate surface area is 88.4 Å². The first-order chi connectivity index (χ1) is 6.83. The number of benzene rings is 1. The summed E-state index contributed by atoms with van der Waals surface area (Å²) < 4.78 is 0. The van der Waals surface area contributed by atoms with Gasteiger partial charge in [0.05, 0.1) is 5.75 Å². The first kappa shape index (κ1) is 10.9. The highest BCUT2D eigenvalue weighted by molar-refractivity contribution is 8.00. The summed E-state index contributed by atoms with van der Waals surface area (Å²) in [6.07, 6.45) is 1.67. The van der Waals surface area contributed by atoms with E-state index in [2.05, 4.69) is 11.9 Å². The summed E-state index contributed by atoms with van der Waals surface area (Å²) in [6.45, 7) is 4.07. The van der Waals surface area contributed by atoms with Gasteiger partial charge in [-0.15, -0.1) is 18.3 Å². The van der Waals surface area contributed by atoms with Crippen molar-refractivity contribution in [2.24, 2.45) is 0 Å². The van der Waals surface area contributed by atoms with E-state index in [1.165, 1.54) is 11.8 Å². The van der Waals surface area contributed by atoms with E-state index >= 15 is 0 Å². The number of thioether (sulfide) groups is 1. The molecule has 0 aliphatic rings. The summed E-state index contributed by atoms with van der Waals surface area (Å²) >= 11 is 1.53. The van der Waals surface area contributed by atoms with E-state index in [-0.39, 0.29) is 5.91 Å². The molecule has 0 saturated carbocycles. The molecule has 1 amide bonds. The highest BCUT2D eigenvalue weighted by Crippen LogP contribution is 2.15. The van der Waals surface area contributed by atoms with Crippen LogP contribution in [0.25, 0.3) is 0 Å². The van der Waals surface area contributed by atoms with Crippen LogP contribution in [0.1, 0.15) is 0 Å². The van der Waals surface area contributed by atoms with E-state index in [9.17, 15) is 4.79 Å². The van der Waals surface area contributed by atoms with Gasteiger partial charge in [-0.3, -0.25) is 4.79 Å². The van der Waals surface area contributed by atoms with Crippen LogP contribution >= 0.6 is 11.8 Å². The smallest absolute Gasteiger partial charge is 0.230 e. The molecule has 0 heterocycles. The number of hydrogen-bond donors (Lipinski definition) is 1. The van der Waals surface area contributed by atoms with Gasteiger partial charge in [0.2, 0.25) is 5.91 Å². The maximum absolute atomic E-state index is 11.2. The van der Waals surface area contributed by atoms with Crippen LogP contribution in [0.4, 0.5) is 0 Å². The van der Waals surface area contributed by atoms with Crippen LogP contribution in [-0.4, -0.2) is 18.2 Å². The molecule has 1 aromatic rings. The van der Waals surface area contributed by atoms with E-state index in [4.69, 9.17) is 0 Å². The molecule has 2 nitrogen and oxygen atoms in total. The fourth-order valence-corrected chi connectivity index (χ4v) is 1.65. The molecular weight excluding hydrogens is 194 g/mol. The summed E-state index contributed by atoms with van der Waals surface area (Å²) in [6, 6.07) is 9.87. The molecule has 0 fully saturated rings. The van der Waals surface area contributed by atoms with Gasteiger partial charge >= 0.3 is 0 Å². The van der Waals surface area contributed by atoms with Crippen molar-refractivity contribution in [3.05, 3.63) is 43.0 Å². The van der Waals surface area contributed by atoms with Crippen molar-refractivity contribution in [1.29, 1.82) is 0 Å². The highest BCUT2D eigenvalue weighted by Gasteiger charge is 1.99. The Morgan fingerprint density at radius 2 is 2.14 bits per heavy atom. The van der Waals surface area contributed by atoms with Crippen molar-refractivity contribution < 1.29 is 4.79 Å². The minimum atomic E-state index is 0.0405. The topological polar surface area (TPSA) is 29.1 Å². The van der Waals surface area contributed by atoms with E-state index in [1.54, 1.807) is 6.08 Å². The van der Waals surface area contributed by atoms with Gasteiger partial charge in [-0.25, -0.2) is 0 Å². The molecule has 0 saturated heterocycles. The lowest BCUT2D eigenvalue weighted by molar-refractivity contribution is -0.118. The van der Waals surface area contributed by atoms with Crippen molar-refractivity contribution in [1.82, 2.24) is 5.32 Å². The zero-order valence-corrected chi connectivity index (χ0v) is 8.72. The Morgan fingerprint density at radius 3 is 2.79 bits per heavy atom. The van der Waals surface area contributed by atoms with Gasteiger partial charge in [0.15, 0.2) is 0 Å². The van der Waals surface area contributed by atoms with E-state index in [1.807, 2.05) is 30.3 Å². The van der Waals surface area contributed by atoms with Crippen molar-refractivity contribution in [3.8, 4) is 0 Å². The monoisotopic (exact) mass is 207 g/mol. The molecular formula is C11H13NOS. The Kier molecular flexibility index (Phi) is 4.86. The summed E-state index contributed by atoms with van der Waals surface area (Å²) in [5.41, 5.74) is 0. The number of rotatable bonds is 5. The molecule has 0 spiro atoms. The molecule has 0 atom stereocenters. The molecule has 1 aromatic carbocycles. The van der Waals surface area contributed by atoms with E-state index in [0.717, 1.165) is 4.90 Å². The van der Waals surface area contributed by atoms with Crippen LogP contribution in [0, 0.1) is 0 Å². The van der Waals surface area contributed by atoms with Crippen molar-refractivity contribution in [3.63, 3.8) is 0 Å². The standard InChI is InChI=1S/C11H13NOS/c1-2-8-12-11(13)9-14-10-6-4-3-5-7-10/h2-7H,1,8-9H2,(H,12,13). The first-order valence-electron chi connectivity index (χ1n) is 4.38. The first-order valence-corrected chi connectivity index (χ1v) is 5.37. The lowest BCUT2D eigenvalue weighted by atomic mass is 10.4. The predicted octanol–water partition coefficient (Wildman–Crippen LogP) is 2.08. The van der Waals surface area contributed by atoms with E-state index in [0.29, 0.717) is 12.3 Å². The van der Waals surface area contributed by atoms with Crippen LogP contribution in [0.15, 0.2) is 47.9 Å². The van der Waals surface area contributed by atoms with Crippen molar-refractivity contribution >= 4 is 17.7 Å². The number of amides is 1. The van der Waals surface area contributed by atoms with E-state index < -0.39 is 0 Å². The summed E-state index contributed by atoms with van der Waals surface area (Å²) in [5.74, 6) is 0.497. The molecule has 0 aliphatic carbocycles. The lowest BCUT2D eigenvalue weighted by Gasteiger charge is -2.01. The molecule has 0 radical (unpaired) electrons. The Balaban J connectivity index is 2.27. The number of hydrogen-bond acceptors (Lipinski definition) is 2. The van der Waals surface area contributed by atoms with Crippen LogP contribution in [0.2, 0.25) is 0 Å². The molecule has 74 valence electrons. The van der Waals surface area contributed by atoms with Gasteiger partial charge in [0, 0.05) is 11.4 Å².